The van der Waals surface area contributed by atoms with E-state index in [0.717, 1.165) is 74.0 Å². The van der Waals surface area contributed by atoms with Crippen molar-refractivity contribution >= 4 is 24.6 Å². The van der Waals surface area contributed by atoms with E-state index in [4.69, 9.17) is 18.3 Å². The van der Waals surface area contributed by atoms with Crippen LogP contribution >= 0.6 is 7.82 Å². The molecule has 8 nitrogen and oxygen atoms in total. The number of benzene rings is 5. The summed E-state index contributed by atoms with van der Waals surface area (Å²) in [6.07, 6.45) is 4.00. The van der Waals surface area contributed by atoms with Gasteiger partial charge in [-0.3, -0.25) is 18.4 Å². The van der Waals surface area contributed by atoms with Crippen LogP contribution in [0.1, 0.15) is 46.2 Å². The number of aryl methyl sites for hydroxylation is 1. The van der Waals surface area contributed by atoms with Gasteiger partial charge in [-0.2, -0.15) is 0 Å². The molecule has 2 N–H and O–H groups in total. The summed E-state index contributed by atoms with van der Waals surface area (Å²) in [5.41, 5.74) is 8.61. The number of aromatic amines is 1. The Bertz CT molecular complexity index is 2130. The number of aromatic nitrogens is 1. The number of phosphoric acid groups is 1. The lowest BCUT2D eigenvalue weighted by molar-refractivity contribution is -0.123. The molecule has 5 aromatic carbocycles. The third-order valence-electron chi connectivity index (χ3n) is 9.74. The molecule has 1 aromatic heterocycles. The highest BCUT2D eigenvalue weighted by Crippen LogP contribution is 2.51. The maximum absolute atomic E-state index is 13.8. The lowest BCUT2D eigenvalue weighted by Crippen LogP contribution is -2.34. The van der Waals surface area contributed by atoms with Crippen LogP contribution in [0.15, 0.2) is 128 Å². The van der Waals surface area contributed by atoms with Crippen LogP contribution in [0.3, 0.4) is 0 Å². The van der Waals surface area contributed by atoms with Crippen LogP contribution in [0.2, 0.25) is 0 Å². The molecule has 0 unspecified atom stereocenters. The van der Waals surface area contributed by atoms with Gasteiger partial charge in [-0.15, -0.1) is 0 Å². The number of carbonyl (C=O) groups excluding carboxylic acids is 1. The highest BCUT2D eigenvalue weighted by atomic mass is 31.2. The summed E-state index contributed by atoms with van der Waals surface area (Å²) in [6.45, 7) is 2.86. The Balaban J connectivity index is 0.987. The summed E-state index contributed by atoms with van der Waals surface area (Å²) in [4.78, 5) is 17.0. The number of hydrogen-bond donors (Lipinski definition) is 2. The molecule has 0 bridgehead atoms. The minimum absolute atomic E-state index is 0.0365. The number of ether oxygens (including phenoxy) is 1. The van der Waals surface area contributed by atoms with Crippen molar-refractivity contribution in [2.24, 2.45) is 0 Å². The van der Waals surface area contributed by atoms with E-state index in [1.807, 2.05) is 91.1 Å². The van der Waals surface area contributed by atoms with Crippen molar-refractivity contribution in [3.8, 4) is 16.9 Å². The molecular weight excluding hydrogens is 671 g/mol. The van der Waals surface area contributed by atoms with Crippen molar-refractivity contribution in [2.45, 2.75) is 51.4 Å². The fourth-order valence-corrected chi connectivity index (χ4v) is 7.68. The van der Waals surface area contributed by atoms with Gasteiger partial charge in [0.15, 0.2) is 0 Å². The number of amides is 1. The molecule has 1 saturated carbocycles. The number of phosphoric ester groups is 1. The van der Waals surface area contributed by atoms with Gasteiger partial charge in [0.05, 0.1) is 32.3 Å². The van der Waals surface area contributed by atoms with Crippen LogP contribution in [0, 0.1) is 6.92 Å². The molecule has 0 saturated heterocycles. The number of rotatable bonds is 16. The molecule has 0 atom stereocenters. The Morgan fingerprint density at radius 1 is 0.788 bits per heavy atom. The van der Waals surface area contributed by atoms with E-state index < -0.39 is 13.2 Å². The van der Waals surface area contributed by atoms with Crippen LogP contribution in [-0.4, -0.2) is 24.6 Å². The number of carbonyl (C=O) groups is 1. The Morgan fingerprint density at radius 2 is 1.46 bits per heavy atom. The fourth-order valence-electron chi connectivity index (χ4n) is 6.53. The Morgan fingerprint density at radius 3 is 2.08 bits per heavy atom. The molecule has 1 amide bonds. The molecule has 1 fully saturated rings. The molecule has 6 aromatic rings. The highest BCUT2D eigenvalue weighted by Gasteiger charge is 2.51. The number of hydrogen-bond acceptors (Lipinski definition) is 6. The van der Waals surface area contributed by atoms with E-state index in [9.17, 15) is 9.36 Å². The largest absolute Gasteiger partial charge is 0.497 e. The summed E-state index contributed by atoms with van der Waals surface area (Å²) < 4.78 is 36.6. The third-order valence-corrected chi connectivity index (χ3v) is 11.1. The quantitative estimate of drug-likeness (QED) is 0.0970. The van der Waals surface area contributed by atoms with Crippen LogP contribution in [0.5, 0.6) is 5.75 Å². The van der Waals surface area contributed by atoms with E-state index >= 15 is 0 Å². The second-order valence-electron chi connectivity index (χ2n) is 13.3. The smallest absolute Gasteiger partial charge is 0.475 e. The molecule has 1 heterocycles. The molecule has 52 heavy (non-hydrogen) atoms. The molecule has 1 aliphatic rings. The van der Waals surface area contributed by atoms with Crippen LogP contribution in [0.25, 0.3) is 22.0 Å². The first-order chi connectivity index (χ1) is 25.3. The maximum Gasteiger partial charge on any atom is 0.475 e. The average molecular weight is 715 g/mol. The number of methoxy groups -OCH3 is 1. The maximum atomic E-state index is 13.8. The van der Waals surface area contributed by atoms with Gasteiger partial charge >= 0.3 is 7.82 Å². The predicted molar refractivity (Wildman–Crippen MR) is 204 cm³/mol. The topological polar surface area (TPSA) is 98.9 Å². The molecular formula is C43H43N2O6P. The molecule has 266 valence electrons. The number of H-pyrrole nitrogens is 1. The van der Waals surface area contributed by atoms with Gasteiger partial charge in [-0.05, 0) is 95.0 Å². The second-order valence-corrected chi connectivity index (χ2v) is 14.9. The van der Waals surface area contributed by atoms with Crippen molar-refractivity contribution in [3.05, 3.63) is 161 Å². The average Bonchev–Trinajstić information content (AvgIpc) is 3.91. The van der Waals surface area contributed by atoms with Gasteiger partial charge in [-0.25, -0.2) is 4.57 Å². The summed E-state index contributed by atoms with van der Waals surface area (Å²) in [5.74, 6) is 0.877. The van der Waals surface area contributed by atoms with Crippen molar-refractivity contribution in [1.29, 1.82) is 0 Å². The Labute approximate surface area is 304 Å². The standard InChI is InChI=1S/C43H43N2O6P/c1-31-25-38(48-2)18-19-39(31)35-15-13-32(14-16-35)27-45-42(46)43(22-23-43)37-17-20-41-40(26-37)36(28-44-41)21-24-49-52(47,50-29-33-9-5-3-6-10-33)51-30-34-11-7-4-8-12-34/h3-20,25-26,28,44H,21-24,27,29-30H2,1-2H3,(H,45,46). The molecule has 0 radical (unpaired) electrons. The number of nitrogens with one attached hydrogen (secondary N) is 2. The monoisotopic (exact) mass is 714 g/mol. The second kappa shape index (κ2) is 15.7. The van der Waals surface area contributed by atoms with E-state index in [1.165, 1.54) is 0 Å². The molecule has 0 spiro atoms. The summed E-state index contributed by atoms with van der Waals surface area (Å²) in [5, 5.41) is 4.21. The van der Waals surface area contributed by atoms with E-state index in [-0.39, 0.29) is 25.7 Å². The van der Waals surface area contributed by atoms with Crippen molar-refractivity contribution in [1.82, 2.24) is 10.3 Å². The predicted octanol–water partition coefficient (Wildman–Crippen LogP) is 9.60. The first kappa shape index (κ1) is 35.4. The van der Waals surface area contributed by atoms with Crippen molar-refractivity contribution in [2.75, 3.05) is 13.7 Å². The molecule has 9 heteroatoms. The molecule has 1 aliphatic carbocycles. The lowest BCUT2D eigenvalue weighted by Gasteiger charge is -2.18. The third kappa shape index (κ3) is 8.22. The van der Waals surface area contributed by atoms with Crippen LogP contribution in [-0.2, 0) is 54.5 Å². The summed E-state index contributed by atoms with van der Waals surface area (Å²) >= 11 is 0. The fraction of sp³-hybridized carbons (Fsp3) is 0.233. The van der Waals surface area contributed by atoms with E-state index in [1.54, 1.807) is 7.11 Å². The van der Waals surface area contributed by atoms with Gasteiger partial charge in [0.1, 0.15) is 5.75 Å². The van der Waals surface area contributed by atoms with Crippen molar-refractivity contribution in [3.63, 3.8) is 0 Å². The lowest BCUT2D eigenvalue weighted by atomic mass is 9.93. The normalized spacial score (nSPS) is 13.6. The Hall–Kier alpha value is -4.98. The molecule has 7 rings (SSSR count). The van der Waals surface area contributed by atoms with E-state index in [0.29, 0.717) is 13.0 Å². The molecule has 0 aliphatic heterocycles. The van der Waals surface area contributed by atoms with Gasteiger partial charge < -0.3 is 15.0 Å². The summed E-state index contributed by atoms with van der Waals surface area (Å²) in [7, 11) is -2.22. The minimum atomic E-state index is -3.89. The zero-order chi connectivity index (χ0) is 36.0. The first-order valence-electron chi connectivity index (χ1n) is 17.6. The van der Waals surface area contributed by atoms with Crippen LogP contribution < -0.4 is 10.1 Å². The van der Waals surface area contributed by atoms with Crippen LogP contribution in [0.4, 0.5) is 0 Å². The van der Waals surface area contributed by atoms with Gasteiger partial charge in [0.2, 0.25) is 5.91 Å². The highest BCUT2D eigenvalue weighted by molar-refractivity contribution is 7.48. The first-order valence-corrected chi connectivity index (χ1v) is 19.0. The van der Waals surface area contributed by atoms with Crippen molar-refractivity contribution < 1.29 is 27.7 Å². The zero-order valence-electron chi connectivity index (χ0n) is 29.5. The minimum Gasteiger partial charge on any atom is -0.497 e. The number of fused-ring (bicyclic) bond motifs is 1. The Kier molecular flexibility index (Phi) is 10.7. The zero-order valence-corrected chi connectivity index (χ0v) is 30.4. The van der Waals surface area contributed by atoms with Gasteiger partial charge in [0.25, 0.3) is 0 Å². The SMILES string of the molecule is COc1ccc(-c2ccc(CNC(=O)C3(c4ccc5[nH]cc(CCOP(=O)(OCc6ccccc6)OCc6ccccc6)c5c4)CC3)cc2)c(C)c1. The van der Waals surface area contributed by atoms with Gasteiger partial charge in [0, 0.05) is 23.6 Å². The van der Waals surface area contributed by atoms with E-state index in [2.05, 4.69) is 53.6 Å². The van der Waals surface area contributed by atoms with Gasteiger partial charge in [-0.1, -0.05) is 97.1 Å². The summed E-state index contributed by atoms with van der Waals surface area (Å²) in [6, 6.07) is 39.6.